The van der Waals surface area contributed by atoms with Gasteiger partial charge in [-0.15, -0.1) is 5.01 Å². The average molecular weight is 209 g/mol. The van der Waals surface area contributed by atoms with Crippen molar-refractivity contribution in [2.45, 2.75) is 0 Å². The van der Waals surface area contributed by atoms with Crippen molar-refractivity contribution in [3.8, 4) is 0 Å². The lowest BCUT2D eigenvalue weighted by molar-refractivity contribution is -0.649. The largest absolute Gasteiger partial charge is 0.330 e. The maximum atomic E-state index is 11.4. The molecular weight excluding hydrogens is 198 g/mol. The molecule has 6 heteroatoms. The normalized spacial score (nSPS) is 9.40. The lowest BCUT2D eigenvalue weighted by Crippen LogP contribution is -2.38. The van der Waals surface area contributed by atoms with Crippen molar-refractivity contribution in [3.05, 3.63) is 46.0 Å². The van der Waals surface area contributed by atoms with E-state index in [9.17, 15) is 14.9 Å². The molecule has 0 bridgehead atoms. The predicted molar refractivity (Wildman–Crippen MR) is 53.5 cm³/mol. The van der Waals surface area contributed by atoms with E-state index in [1.807, 2.05) is 0 Å². The van der Waals surface area contributed by atoms with E-state index in [-0.39, 0.29) is 12.6 Å². The topological polar surface area (TPSA) is 75.5 Å². The van der Waals surface area contributed by atoms with Crippen molar-refractivity contribution in [3.63, 3.8) is 0 Å². The highest BCUT2D eigenvalue weighted by Crippen LogP contribution is 1.97. The summed E-state index contributed by atoms with van der Waals surface area (Å²) < 4.78 is 0. The van der Waals surface area contributed by atoms with Gasteiger partial charge >= 0.3 is 0 Å². The second kappa shape index (κ2) is 4.94. The first-order chi connectivity index (χ1) is 7.11. The number of carbonyl (C=O) groups excluding carboxylic acids is 1. The van der Waals surface area contributed by atoms with Crippen LogP contribution in [0.3, 0.4) is 0 Å². The van der Waals surface area contributed by atoms with Crippen molar-refractivity contribution in [1.82, 2.24) is 10.3 Å². The number of hydrogen-bond acceptors (Lipinski definition) is 3. The Morgan fingerprint density at radius 3 is 2.60 bits per heavy atom. The molecule has 1 amide bonds. The van der Waals surface area contributed by atoms with Crippen LogP contribution in [0.25, 0.3) is 0 Å². The maximum Gasteiger partial charge on any atom is 0.252 e. The van der Waals surface area contributed by atoms with E-state index in [1.165, 1.54) is 7.05 Å². The van der Waals surface area contributed by atoms with E-state index in [0.717, 1.165) is 5.01 Å². The molecule has 1 N–H and O–H groups in total. The molecule has 0 aromatic heterocycles. The third kappa shape index (κ3) is 3.26. The smallest absolute Gasteiger partial charge is 0.252 e. The molecule has 0 fully saturated rings. The summed E-state index contributed by atoms with van der Waals surface area (Å²) in [6.45, 7) is -0.124. The highest BCUT2D eigenvalue weighted by atomic mass is 16.7. The average Bonchev–Trinajstić information content (AvgIpc) is 2.26. The third-order valence-electron chi connectivity index (χ3n) is 1.78. The number of rotatable bonds is 4. The zero-order valence-electron chi connectivity index (χ0n) is 8.21. The molecule has 1 rings (SSSR count). The number of carbonyl (C=O) groups is 1. The van der Waals surface area contributed by atoms with Crippen LogP contribution in [0, 0.1) is 10.1 Å². The summed E-state index contributed by atoms with van der Waals surface area (Å²) in [5, 5.41) is 12.9. The summed E-state index contributed by atoms with van der Waals surface area (Å²) in [6.07, 6.45) is 0. The van der Waals surface area contributed by atoms with Crippen LogP contribution in [0.4, 0.5) is 0 Å². The summed E-state index contributed by atoms with van der Waals surface area (Å²) in [5.74, 6) is -0.329. The highest BCUT2D eigenvalue weighted by molar-refractivity contribution is 5.93. The van der Waals surface area contributed by atoms with Gasteiger partial charge < -0.3 is 5.32 Å². The lowest BCUT2D eigenvalue weighted by atomic mass is 10.2. The van der Waals surface area contributed by atoms with Crippen molar-refractivity contribution in [2.75, 3.05) is 13.7 Å². The molecule has 0 unspecified atom stereocenters. The molecule has 0 aliphatic rings. The van der Waals surface area contributed by atoms with Gasteiger partial charge in [0.05, 0.1) is 7.05 Å². The number of hydrazine groups is 1. The van der Waals surface area contributed by atoms with Crippen molar-refractivity contribution >= 4 is 5.91 Å². The SMILES string of the molecule is CN(CNC(=O)c1ccccc1)[N+](=O)[O-]. The molecule has 6 nitrogen and oxygen atoms in total. The number of amides is 1. The van der Waals surface area contributed by atoms with Gasteiger partial charge in [-0.2, -0.15) is 0 Å². The van der Waals surface area contributed by atoms with Gasteiger partial charge in [0, 0.05) is 5.56 Å². The molecule has 15 heavy (non-hydrogen) atoms. The Hall–Kier alpha value is -2.11. The Bertz CT molecular complexity index is 353. The Morgan fingerprint density at radius 1 is 1.47 bits per heavy atom. The van der Waals surface area contributed by atoms with Gasteiger partial charge in [0.2, 0.25) is 0 Å². The fourth-order valence-corrected chi connectivity index (χ4v) is 0.936. The number of hydrogen-bond donors (Lipinski definition) is 1. The Balaban J connectivity index is 2.47. The van der Waals surface area contributed by atoms with Crippen LogP contribution in [0.2, 0.25) is 0 Å². The first-order valence-electron chi connectivity index (χ1n) is 4.30. The van der Waals surface area contributed by atoms with Crippen molar-refractivity contribution < 1.29 is 9.83 Å². The molecule has 0 aliphatic carbocycles. The molecule has 1 aromatic carbocycles. The van der Waals surface area contributed by atoms with Gasteiger partial charge in [0.25, 0.3) is 5.91 Å². The molecular formula is C9H11N3O3. The fourth-order valence-electron chi connectivity index (χ4n) is 0.936. The maximum absolute atomic E-state index is 11.4. The summed E-state index contributed by atoms with van der Waals surface area (Å²) in [6, 6.07) is 8.53. The molecule has 80 valence electrons. The van der Waals surface area contributed by atoms with Crippen LogP contribution in [-0.4, -0.2) is 29.7 Å². The van der Waals surface area contributed by atoms with Crippen LogP contribution >= 0.6 is 0 Å². The van der Waals surface area contributed by atoms with Crippen LogP contribution in [-0.2, 0) is 0 Å². The number of benzene rings is 1. The van der Waals surface area contributed by atoms with Crippen molar-refractivity contribution in [1.29, 1.82) is 0 Å². The van der Waals surface area contributed by atoms with Crippen LogP contribution in [0.15, 0.2) is 30.3 Å². The van der Waals surface area contributed by atoms with Gasteiger partial charge in [-0.25, -0.2) is 10.1 Å². The van der Waals surface area contributed by atoms with Crippen LogP contribution in [0.1, 0.15) is 10.4 Å². The minimum absolute atomic E-state index is 0.124. The third-order valence-corrected chi connectivity index (χ3v) is 1.78. The lowest BCUT2D eigenvalue weighted by Gasteiger charge is -2.09. The van der Waals surface area contributed by atoms with Gasteiger partial charge in [0.1, 0.15) is 6.67 Å². The minimum atomic E-state index is -0.592. The van der Waals surface area contributed by atoms with Gasteiger partial charge in [0.15, 0.2) is 5.03 Å². The Kier molecular flexibility index (Phi) is 3.61. The van der Waals surface area contributed by atoms with E-state index < -0.39 is 5.03 Å². The zero-order chi connectivity index (χ0) is 11.3. The number of nitrogens with one attached hydrogen (secondary N) is 1. The van der Waals surface area contributed by atoms with E-state index >= 15 is 0 Å². The monoisotopic (exact) mass is 209 g/mol. The van der Waals surface area contributed by atoms with E-state index in [2.05, 4.69) is 5.32 Å². The van der Waals surface area contributed by atoms with Gasteiger partial charge in [-0.05, 0) is 12.1 Å². The second-order valence-corrected chi connectivity index (χ2v) is 2.93. The van der Waals surface area contributed by atoms with E-state index in [4.69, 9.17) is 0 Å². The van der Waals surface area contributed by atoms with E-state index in [1.54, 1.807) is 30.3 Å². The standard InChI is InChI=1S/C9H11N3O3/c1-11(12(14)15)7-10-9(13)8-5-3-2-4-6-8/h2-6H,7H2,1H3,(H,10,13). The molecule has 0 atom stereocenters. The molecule has 0 spiro atoms. The molecule has 0 saturated heterocycles. The molecule has 0 aliphatic heterocycles. The Morgan fingerprint density at radius 2 is 2.07 bits per heavy atom. The summed E-state index contributed by atoms with van der Waals surface area (Å²) in [5.41, 5.74) is 0.481. The summed E-state index contributed by atoms with van der Waals surface area (Å²) in [4.78, 5) is 21.6. The molecule has 0 saturated carbocycles. The minimum Gasteiger partial charge on any atom is -0.330 e. The highest BCUT2D eigenvalue weighted by Gasteiger charge is 2.09. The quantitative estimate of drug-likeness (QED) is 0.445. The summed E-state index contributed by atoms with van der Waals surface area (Å²) >= 11 is 0. The van der Waals surface area contributed by atoms with Gasteiger partial charge in [-0.3, -0.25) is 4.79 Å². The summed E-state index contributed by atoms with van der Waals surface area (Å²) in [7, 11) is 1.28. The predicted octanol–water partition coefficient (Wildman–Crippen LogP) is 0.497. The fraction of sp³-hybridized carbons (Fsp3) is 0.222. The zero-order valence-corrected chi connectivity index (χ0v) is 8.21. The molecule has 0 radical (unpaired) electrons. The second-order valence-electron chi connectivity index (χ2n) is 2.93. The molecule has 0 heterocycles. The number of nitro groups is 1. The Labute approximate surface area is 86.6 Å². The number of nitrogens with zero attached hydrogens (tertiary/aromatic N) is 2. The molecule has 1 aromatic rings. The first kappa shape index (κ1) is 11.0. The first-order valence-corrected chi connectivity index (χ1v) is 4.30. The van der Waals surface area contributed by atoms with Crippen LogP contribution < -0.4 is 5.32 Å². The van der Waals surface area contributed by atoms with Crippen molar-refractivity contribution in [2.24, 2.45) is 0 Å². The van der Waals surface area contributed by atoms with Crippen LogP contribution in [0.5, 0.6) is 0 Å². The van der Waals surface area contributed by atoms with E-state index in [0.29, 0.717) is 5.56 Å². The van der Waals surface area contributed by atoms with Gasteiger partial charge in [-0.1, -0.05) is 18.2 Å².